The molecule has 3 rings (SSSR count). The van der Waals surface area contributed by atoms with Crippen molar-refractivity contribution in [2.75, 3.05) is 24.8 Å². The molecular weight excluding hydrogens is 386 g/mol. The van der Waals surface area contributed by atoms with Crippen LogP contribution >= 0.6 is 0 Å². The molecule has 0 atom stereocenters. The van der Waals surface area contributed by atoms with Gasteiger partial charge in [0.2, 0.25) is 11.9 Å². The van der Waals surface area contributed by atoms with Crippen molar-refractivity contribution in [1.82, 2.24) is 15.0 Å². The number of hydrogen-bond donors (Lipinski definition) is 2. The predicted octanol–water partition coefficient (Wildman–Crippen LogP) is 3.03. The van der Waals surface area contributed by atoms with E-state index in [2.05, 4.69) is 20.3 Å². The number of nitrogens with two attached hydrogens (primary N) is 1. The fraction of sp³-hybridized carbons (Fsp3) is 0.238. The number of anilines is 3. The summed E-state index contributed by atoms with van der Waals surface area (Å²) in [4.78, 5) is 24.3. The topological polar surface area (TPSA) is 121 Å². The van der Waals surface area contributed by atoms with Gasteiger partial charge in [0.25, 0.3) is 0 Å². The summed E-state index contributed by atoms with van der Waals surface area (Å²) in [6, 6.07) is 14.9. The quantitative estimate of drug-likeness (QED) is 0.514. The maximum atomic E-state index is 12.0. The first kappa shape index (κ1) is 20.8. The summed E-state index contributed by atoms with van der Waals surface area (Å²) >= 11 is 0. The largest absolute Gasteiger partial charge is 0.495 e. The van der Waals surface area contributed by atoms with E-state index in [1.807, 2.05) is 49.4 Å². The fourth-order valence-electron chi connectivity index (χ4n) is 2.61. The third-order valence-corrected chi connectivity index (χ3v) is 4.07. The van der Waals surface area contributed by atoms with Crippen molar-refractivity contribution in [2.24, 2.45) is 0 Å². The summed E-state index contributed by atoms with van der Waals surface area (Å²) in [5.41, 5.74) is 7.42. The Labute approximate surface area is 174 Å². The lowest BCUT2D eigenvalue weighted by molar-refractivity contribution is -0.145. The number of aromatic nitrogens is 3. The van der Waals surface area contributed by atoms with E-state index in [4.69, 9.17) is 19.9 Å². The number of para-hydroxylation sites is 3. The van der Waals surface area contributed by atoms with Gasteiger partial charge in [0.1, 0.15) is 11.5 Å². The number of ether oxygens (including phenoxy) is 3. The second kappa shape index (κ2) is 10.1. The molecule has 0 saturated heterocycles. The number of nitrogens with zero attached hydrogens (tertiary/aromatic N) is 3. The van der Waals surface area contributed by atoms with Crippen molar-refractivity contribution >= 4 is 23.6 Å². The third-order valence-electron chi connectivity index (χ3n) is 4.07. The standard InChI is InChI=1S/C21H23N5O4/c1-14-7-3-5-9-16(14)29-12-11-19(27)30-13-18-24-20(22)26-21(25-18)23-15-8-4-6-10-17(15)28-2/h3-10H,11-13H2,1-2H3,(H3,22,23,24,25,26). The van der Waals surface area contributed by atoms with Gasteiger partial charge >= 0.3 is 5.97 Å². The Morgan fingerprint density at radius 1 is 1.03 bits per heavy atom. The highest BCUT2D eigenvalue weighted by Crippen LogP contribution is 2.25. The van der Waals surface area contributed by atoms with Crippen molar-refractivity contribution in [2.45, 2.75) is 20.0 Å². The highest BCUT2D eigenvalue weighted by molar-refractivity contribution is 5.69. The first-order chi connectivity index (χ1) is 14.5. The number of nitrogen functional groups attached to an aromatic ring is 1. The maximum Gasteiger partial charge on any atom is 0.309 e. The lowest BCUT2D eigenvalue weighted by Gasteiger charge is -2.11. The monoisotopic (exact) mass is 409 g/mol. The SMILES string of the molecule is COc1ccccc1Nc1nc(N)nc(COC(=O)CCOc2ccccc2C)n1. The molecule has 0 bridgehead atoms. The van der Waals surface area contributed by atoms with Crippen LogP contribution in [-0.2, 0) is 16.1 Å². The summed E-state index contributed by atoms with van der Waals surface area (Å²) in [5.74, 6) is 1.40. The molecule has 0 radical (unpaired) electrons. The number of carbonyl (C=O) groups excluding carboxylic acids is 1. The average molecular weight is 409 g/mol. The van der Waals surface area contributed by atoms with Crippen LogP contribution in [0.1, 0.15) is 17.8 Å². The van der Waals surface area contributed by atoms with Gasteiger partial charge in [-0.3, -0.25) is 4.79 Å². The summed E-state index contributed by atoms with van der Waals surface area (Å²) in [6.45, 7) is 2.02. The molecule has 2 aromatic carbocycles. The highest BCUT2D eigenvalue weighted by Gasteiger charge is 2.11. The molecule has 30 heavy (non-hydrogen) atoms. The molecule has 0 aliphatic heterocycles. The Morgan fingerprint density at radius 3 is 2.53 bits per heavy atom. The minimum Gasteiger partial charge on any atom is -0.495 e. The van der Waals surface area contributed by atoms with Crippen LogP contribution in [0.2, 0.25) is 0 Å². The number of aryl methyl sites for hydroxylation is 1. The van der Waals surface area contributed by atoms with Gasteiger partial charge in [-0.1, -0.05) is 30.3 Å². The molecule has 0 spiro atoms. The minimum absolute atomic E-state index is 0.0105. The highest BCUT2D eigenvalue weighted by atomic mass is 16.5. The zero-order chi connectivity index (χ0) is 21.3. The number of rotatable bonds is 9. The summed E-state index contributed by atoms with van der Waals surface area (Å²) in [5, 5.41) is 3.02. The van der Waals surface area contributed by atoms with Crippen molar-refractivity contribution in [3.63, 3.8) is 0 Å². The lowest BCUT2D eigenvalue weighted by Crippen LogP contribution is -2.13. The average Bonchev–Trinajstić information content (AvgIpc) is 2.74. The van der Waals surface area contributed by atoms with E-state index in [0.29, 0.717) is 11.4 Å². The Bertz CT molecular complexity index is 1010. The van der Waals surface area contributed by atoms with E-state index < -0.39 is 5.97 Å². The summed E-state index contributed by atoms with van der Waals surface area (Å²) < 4.78 is 16.1. The molecule has 0 saturated carbocycles. The second-order valence-corrected chi connectivity index (χ2v) is 6.28. The Morgan fingerprint density at radius 2 is 1.77 bits per heavy atom. The van der Waals surface area contributed by atoms with Crippen LogP contribution in [0.3, 0.4) is 0 Å². The first-order valence-corrected chi connectivity index (χ1v) is 9.29. The van der Waals surface area contributed by atoms with E-state index >= 15 is 0 Å². The van der Waals surface area contributed by atoms with Crippen LogP contribution in [0.5, 0.6) is 11.5 Å². The Kier molecular flexibility index (Phi) is 6.99. The molecule has 1 heterocycles. The van der Waals surface area contributed by atoms with Crippen molar-refractivity contribution in [3.8, 4) is 11.5 Å². The molecule has 0 aliphatic carbocycles. The smallest absolute Gasteiger partial charge is 0.309 e. The van der Waals surface area contributed by atoms with Crippen LogP contribution in [0.25, 0.3) is 0 Å². The van der Waals surface area contributed by atoms with Crippen LogP contribution < -0.4 is 20.5 Å². The van der Waals surface area contributed by atoms with Crippen molar-refractivity contribution < 1.29 is 19.0 Å². The van der Waals surface area contributed by atoms with Crippen LogP contribution in [-0.4, -0.2) is 34.6 Å². The molecule has 9 nitrogen and oxygen atoms in total. The Balaban J connectivity index is 1.54. The van der Waals surface area contributed by atoms with Gasteiger partial charge in [0, 0.05) is 0 Å². The molecular formula is C21H23N5O4. The third kappa shape index (κ3) is 5.81. The fourth-order valence-corrected chi connectivity index (χ4v) is 2.61. The van der Waals surface area contributed by atoms with Gasteiger partial charge in [-0.2, -0.15) is 15.0 Å². The zero-order valence-corrected chi connectivity index (χ0v) is 16.8. The predicted molar refractivity (Wildman–Crippen MR) is 112 cm³/mol. The molecule has 0 fully saturated rings. The van der Waals surface area contributed by atoms with Crippen LogP contribution in [0.15, 0.2) is 48.5 Å². The van der Waals surface area contributed by atoms with Crippen molar-refractivity contribution in [1.29, 1.82) is 0 Å². The molecule has 3 N–H and O–H groups in total. The van der Waals surface area contributed by atoms with Gasteiger partial charge in [0.05, 0.1) is 25.8 Å². The van der Waals surface area contributed by atoms with Crippen LogP contribution in [0, 0.1) is 6.92 Å². The number of methoxy groups -OCH3 is 1. The first-order valence-electron chi connectivity index (χ1n) is 9.29. The van der Waals surface area contributed by atoms with E-state index in [0.717, 1.165) is 11.3 Å². The van der Waals surface area contributed by atoms with E-state index in [9.17, 15) is 4.79 Å². The molecule has 1 aromatic heterocycles. The minimum atomic E-state index is -0.429. The lowest BCUT2D eigenvalue weighted by atomic mass is 10.2. The van der Waals surface area contributed by atoms with Gasteiger partial charge in [-0.05, 0) is 30.7 Å². The molecule has 0 amide bonds. The van der Waals surface area contributed by atoms with Gasteiger partial charge in [-0.15, -0.1) is 0 Å². The molecule has 156 valence electrons. The second-order valence-electron chi connectivity index (χ2n) is 6.28. The molecule has 0 unspecified atom stereocenters. The van der Waals surface area contributed by atoms with Gasteiger partial charge in [0.15, 0.2) is 12.4 Å². The summed E-state index contributed by atoms with van der Waals surface area (Å²) in [6.07, 6.45) is 0.0984. The van der Waals surface area contributed by atoms with Crippen molar-refractivity contribution in [3.05, 3.63) is 59.9 Å². The zero-order valence-electron chi connectivity index (χ0n) is 16.8. The number of benzene rings is 2. The van der Waals surface area contributed by atoms with E-state index in [1.54, 1.807) is 13.2 Å². The Hall–Kier alpha value is -3.88. The van der Waals surface area contributed by atoms with Crippen LogP contribution in [0.4, 0.5) is 17.6 Å². The maximum absolute atomic E-state index is 12.0. The number of hydrogen-bond acceptors (Lipinski definition) is 9. The number of esters is 1. The number of nitrogens with one attached hydrogen (secondary N) is 1. The normalized spacial score (nSPS) is 10.3. The molecule has 0 aliphatic rings. The number of carbonyl (C=O) groups is 1. The van der Waals surface area contributed by atoms with E-state index in [-0.39, 0.29) is 37.4 Å². The van der Waals surface area contributed by atoms with E-state index in [1.165, 1.54) is 0 Å². The molecule has 9 heteroatoms. The van der Waals surface area contributed by atoms with Gasteiger partial charge in [-0.25, -0.2) is 0 Å². The summed E-state index contributed by atoms with van der Waals surface area (Å²) in [7, 11) is 1.57. The van der Waals surface area contributed by atoms with Gasteiger partial charge < -0.3 is 25.3 Å². The molecule has 3 aromatic rings.